The predicted molar refractivity (Wildman–Crippen MR) is 85.3 cm³/mol. The Morgan fingerprint density at radius 2 is 1.85 bits per heavy atom. The van der Waals surface area contributed by atoms with E-state index in [9.17, 15) is 0 Å². The molecule has 0 atom stereocenters. The van der Waals surface area contributed by atoms with Crippen LogP contribution in [0.4, 0.5) is 0 Å². The fourth-order valence-corrected chi connectivity index (χ4v) is 2.62. The van der Waals surface area contributed by atoms with Crippen molar-refractivity contribution in [3.63, 3.8) is 0 Å². The van der Waals surface area contributed by atoms with E-state index in [4.69, 9.17) is 4.74 Å². The van der Waals surface area contributed by atoms with Crippen LogP contribution in [0.3, 0.4) is 0 Å². The molecule has 102 valence electrons. The number of H-pyrrole nitrogens is 1. The monoisotopic (exact) mass is 330 g/mol. The molecule has 1 aromatic heterocycles. The standard InChI is InChI=1S/C16H15BrN2O/c1-9-6-13-14(7-10(9)2)19-16(18-13)12-8-11(17)4-5-15(12)20-3/h4-8H,1-3H3,(H,18,19). The average Bonchev–Trinajstić information content (AvgIpc) is 2.82. The highest BCUT2D eigenvalue weighted by Gasteiger charge is 2.12. The molecule has 3 rings (SSSR count). The zero-order chi connectivity index (χ0) is 14.3. The average molecular weight is 331 g/mol. The van der Waals surface area contributed by atoms with Gasteiger partial charge in [-0.25, -0.2) is 4.98 Å². The summed E-state index contributed by atoms with van der Waals surface area (Å²) in [6, 6.07) is 10.1. The molecule has 1 heterocycles. The van der Waals surface area contributed by atoms with E-state index in [0.717, 1.165) is 32.6 Å². The quantitative estimate of drug-likeness (QED) is 0.744. The summed E-state index contributed by atoms with van der Waals surface area (Å²) in [6.45, 7) is 4.21. The molecule has 0 saturated heterocycles. The number of nitrogens with one attached hydrogen (secondary N) is 1. The third kappa shape index (κ3) is 2.20. The molecule has 0 saturated carbocycles. The number of aryl methyl sites for hydroxylation is 2. The van der Waals surface area contributed by atoms with Crippen molar-refractivity contribution in [2.75, 3.05) is 7.11 Å². The van der Waals surface area contributed by atoms with E-state index >= 15 is 0 Å². The van der Waals surface area contributed by atoms with Crippen molar-refractivity contribution in [3.05, 3.63) is 45.9 Å². The Balaban J connectivity index is 2.22. The Hall–Kier alpha value is -1.81. The lowest BCUT2D eigenvalue weighted by atomic mass is 10.1. The highest BCUT2D eigenvalue weighted by Crippen LogP contribution is 2.32. The number of hydrogen-bond acceptors (Lipinski definition) is 2. The molecule has 0 aliphatic carbocycles. The van der Waals surface area contributed by atoms with Gasteiger partial charge in [-0.2, -0.15) is 0 Å². The second kappa shape index (κ2) is 4.94. The molecule has 0 bridgehead atoms. The van der Waals surface area contributed by atoms with E-state index in [2.05, 4.69) is 51.9 Å². The van der Waals surface area contributed by atoms with Crippen molar-refractivity contribution in [2.45, 2.75) is 13.8 Å². The van der Waals surface area contributed by atoms with Gasteiger partial charge in [0.25, 0.3) is 0 Å². The molecule has 3 aromatic rings. The minimum Gasteiger partial charge on any atom is -0.496 e. The van der Waals surface area contributed by atoms with Crippen LogP contribution < -0.4 is 4.74 Å². The van der Waals surface area contributed by atoms with Crippen LogP contribution >= 0.6 is 15.9 Å². The van der Waals surface area contributed by atoms with Crippen LogP contribution in [-0.2, 0) is 0 Å². The Morgan fingerprint density at radius 3 is 2.60 bits per heavy atom. The largest absolute Gasteiger partial charge is 0.496 e. The van der Waals surface area contributed by atoms with Gasteiger partial charge in [-0.15, -0.1) is 0 Å². The van der Waals surface area contributed by atoms with Crippen LogP contribution in [0, 0.1) is 13.8 Å². The van der Waals surface area contributed by atoms with Crippen LogP contribution in [0.2, 0.25) is 0 Å². The Kier molecular flexibility index (Phi) is 3.26. The van der Waals surface area contributed by atoms with Crippen LogP contribution in [0.15, 0.2) is 34.8 Å². The summed E-state index contributed by atoms with van der Waals surface area (Å²) in [5.74, 6) is 1.63. The minimum absolute atomic E-state index is 0.806. The molecular formula is C16H15BrN2O. The molecule has 20 heavy (non-hydrogen) atoms. The fraction of sp³-hybridized carbons (Fsp3) is 0.188. The van der Waals surface area contributed by atoms with Crippen LogP contribution in [0.25, 0.3) is 22.4 Å². The maximum atomic E-state index is 5.42. The topological polar surface area (TPSA) is 37.9 Å². The number of benzene rings is 2. The zero-order valence-electron chi connectivity index (χ0n) is 11.6. The molecule has 0 aliphatic rings. The number of imidazole rings is 1. The number of aromatic nitrogens is 2. The van der Waals surface area contributed by atoms with Gasteiger partial charge >= 0.3 is 0 Å². The number of ether oxygens (including phenoxy) is 1. The molecule has 0 aliphatic heterocycles. The first-order valence-electron chi connectivity index (χ1n) is 6.39. The molecule has 4 heteroatoms. The molecule has 1 N–H and O–H groups in total. The summed E-state index contributed by atoms with van der Waals surface area (Å²) < 4.78 is 6.42. The van der Waals surface area contributed by atoms with Crippen molar-refractivity contribution in [2.24, 2.45) is 0 Å². The van der Waals surface area contributed by atoms with Gasteiger partial charge < -0.3 is 9.72 Å². The summed E-state index contributed by atoms with van der Waals surface area (Å²) in [4.78, 5) is 8.05. The van der Waals surface area contributed by atoms with E-state index in [-0.39, 0.29) is 0 Å². The Morgan fingerprint density at radius 1 is 1.10 bits per heavy atom. The lowest BCUT2D eigenvalue weighted by Crippen LogP contribution is -1.89. The molecule has 0 spiro atoms. The number of nitrogens with zero attached hydrogens (tertiary/aromatic N) is 1. The maximum Gasteiger partial charge on any atom is 0.142 e. The number of halogens is 1. The summed E-state index contributed by atoms with van der Waals surface area (Å²) in [5.41, 5.74) is 5.48. The van der Waals surface area contributed by atoms with Gasteiger partial charge in [0.1, 0.15) is 11.6 Å². The van der Waals surface area contributed by atoms with Gasteiger partial charge in [0.15, 0.2) is 0 Å². The van der Waals surface area contributed by atoms with Gasteiger partial charge in [-0.3, -0.25) is 0 Å². The van der Waals surface area contributed by atoms with Crippen molar-refractivity contribution < 1.29 is 4.74 Å². The highest BCUT2D eigenvalue weighted by atomic mass is 79.9. The normalized spacial score (nSPS) is 11.0. The molecular weight excluding hydrogens is 316 g/mol. The van der Waals surface area contributed by atoms with Crippen LogP contribution in [0.1, 0.15) is 11.1 Å². The molecule has 3 nitrogen and oxygen atoms in total. The summed E-state index contributed by atoms with van der Waals surface area (Å²) in [5, 5.41) is 0. The third-order valence-corrected chi connectivity index (χ3v) is 4.01. The SMILES string of the molecule is COc1ccc(Br)cc1-c1nc2cc(C)c(C)cc2[nH]1. The molecule has 0 radical (unpaired) electrons. The van der Waals surface area contributed by atoms with Crippen molar-refractivity contribution >= 4 is 27.0 Å². The van der Waals surface area contributed by atoms with Crippen LogP contribution in [0.5, 0.6) is 5.75 Å². The van der Waals surface area contributed by atoms with Crippen molar-refractivity contribution in [1.82, 2.24) is 9.97 Å². The number of hydrogen-bond donors (Lipinski definition) is 1. The van der Waals surface area contributed by atoms with Gasteiger partial charge in [-0.1, -0.05) is 15.9 Å². The Labute approximate surface area is 126 Å². The van der Waals surface area contributed by atoms with Gasteiger partial charge in [-0.05, 0) is 55.3 Å². The lowest BCUT2D eigenvalue weighted by molar-refractivity contribution is 0.416. The first-order valence-corrected chi connectivity index (χ1v) is 7.18. The minimum atomic E-state index is 0.806. The molecule has 0 unspecified atom stereocenters. The van der Waals surface area contributed by atoms with Gasteiger partial charge in [0, 0.05) is 4.47 Å². The van der Waals surface area contributed by atoms with E-state index in [0.29, 0.717) is 0 Å². The zero-order valence-corrected chi connectivity index (χ0v) is 13.2. The van der Waals surface area contributed by atoms with Gasteiger partial charge in [0.05, 0.1) is 23.7 Å². The van der Waals surface area contributed by atoms with Crippen molar-refractivity contribution in [1.29, 1.82) is 0 Å². The maximum absolute atomic E-state index is 5.42. The molecule has 2 aromatic carbocycles. The number of methoxy groups -OCH3 is 1. The summed E-state index contributed by atoms with van der Waals surface area (Å²) in [7, 11) is 1.67. The number of fused-ring (bicyclic) bond motifs is 1. The van der Waals surface area contributed by atoms with E-state index in [1.165, 1.54) is 11.1 Å². The number of aromatic amines is 1. The third-order valence-electron chi connectivity index (χ3n) is 3.51. The first-order chi connectivity index (χ1) is 9.58. The second-order valence-electron chi connectivity index (χ2n) is 4.88. The van der Waals surface area contributed by atoms with Gasteiger partial charge in [0.2, 0.25) is 0 Å². The highest BCUT2D eigenvalue weighted by molar-refractivity contribution is 9.10. The number of rotatable bonds is 2. The predicted octanol–water partition coefficient (Wildman–Crippen LogP) is 4.62. The van der Waals surface area contributed by atoms with E-state index < -0.39 is 0 Å². The summed E-state index contributed by atoms with van der Waals surface area (Å²) >= 11 is 3.49. The fourth-order valence-electron chi connectivity index (χ4n) is 2.26. The lowest BCUT2D eigenvalue weighted by Gasteiger charge is -2.06. The van der Waals surface area contributed by atoms with E-state index in [1.54, 1.807) is 7.11 Å². The molecule has 0 amide bonds. The van der Waals surface area contributed by atoms with Crippen LogP contribution in [-0.4, -0.2) is 17.1 Å². The Bertz CT molecular complexity index is 754. The second-order valence-corrected chi connectivity index (χ2v) is 5.80. The van der Waals surface area contributed by atoms with Crippen molar-refractivity contribution in [3.8, 4) is 17.1 Å². The summed E-state index contributed by atoms with van der Waals surface area (Å²) in [6.07, 6.45) is 0. The smallest absolute Gasteiger partial charge is 0.142 e. The molecule has 0 fully saturated rings. The van der Waals surface area contributed by atoms with E-state index in [1.807, 2.05) is 18.2 Å². The first kappa shape index (κ1) is 13.2.